The summed E-state index contributed by atoms with van der Waals surface area (Å²) in [6, 6.07) is 8.82. The zero-order valence-corrected chi connectivity index (χ0v) is 20.4. The van der Waals surface area contributed by atoms with Gasteiger partial charge < -0.3 is 19.3 Å². The molecule has 0 amide bonds. The van der Waals surface area contributed by atoms with E-state index in [1.54, 1.807) is 26.1 Å². The van der Waals surface area contributed by atoms with Gasteiger partial charge in [-0.3, -0.25) is 9.17 Å². The van der Waals surface area contributed by atoms with E-state index in [9.17, 15) is 13.0 Å². The molecule has 1 aliphatic carbocycles. The summed E-state index contributed by atoms with van der Waals surface area (Å²) in [5.74, 6) is -0.949. The number of aromatic nitrogens is 1. The predicted molar refractivity (Wildman–Crippen MR) is 105 cm³/mol. The first kappa shape index (κ1) is 23.1. The summed E-state index contributed by atoms with van der Waals surface area (Å²) in [5.41, 5.74) is 1.48. The van der Waals surface area contributed by atoms with Crippen molar-refractivity contribution in [1.29, 1.82) is 0 Å². The molecule has 1 aromatic carbocycles. The van der Waals surface area contributed by atoms with Crippen molar-refractivity contribution < 1.29 is 56.2 Å². The molecule has 2 aliphatic rings. The zero-order chi connectivity index (χ0) is 20.1. The summed E-state index contributed by atoms with van der Waals surface area (Å²) in [7, 11) is -4.96. The molecule has 4 atom stereocenters. The topological polar surface area (TPSA) is 110 Å². The minimum atomic E-state index is -4.96. The Hall–Kier alpha value is -0.560. The summed E-state index contributed by atoms with van der Waals surface area (Å²) in [6.45, 7) is 3.42. The van der Waals surface area contributed by atoms with Gasteiger partial charge in [-0.1, -0.05) is 34.1 Å². The molecule has 8 nitrogen and oxygen atoms in total. The number of benzene rings is 1. The van der Waals surface area contributed by atoms with Crippen molar-refractivity contribution in [2.24, 2.45) is 0 Å². The van der Waals surface area contributed by atoms with E-state index in [2.05, 4.69) is 26.2 Å². The van der Waals surface area contributed by atoms with Crippen molar-refractivity contribution in [3.63, 3.8) is 0 Å². The number of fused-ring (bicyclic) bond motifs is 2. The van der Waals surface area contributed by atoms with Crippen LogP contribution < -0.4 is 34.9 Å². The van der Waals surface area contributed by atoms with Gasteiger partial charge in [0.2, 0.25) is 10.4 Å². The molecule has 1 aromatic heterocycles. The maximum absolute atomic E-state index is 11.4. The van der Waals surface area contributed by atoms with Crippen molar-refractivity contribution in [1.82, 2.24) is 4.98 Å². The normalized spacial score (nSPS) is 28.3. The Bertz CT molecular complexity index is 1050. The Kier molecular flexibility index (Phi) is 6.79. The number of hydrogen-bond donors (Lipinski definition) is 1. The number of anilines is 1. The number of para-hydroxylation sites is 1. The molecule has 1 aliphatic heterocycles. The molecule has 29 heavy (non-hydrogen) atoms. The first-order valence-electron chi connectivity index (χ1n) is 8.60. The second kappa shape index (κ2) is 8.52. The fourth-order valence-electron chi connectivity index (χ4n) is 3.53. The van der Waals surface area contributed by atoms with Gasteiger partial charge in [0.1, 0.15) is 18.3 Å². The van der Waals surface area contributed by atoms with Gasteiger partial charge in [-0.2, -0.15) is 0 Å². The fourth-order valence-corrected chi connectivity index (χ4v) is 4.67. The van der Waals surface area contributed by atoms with Gasteiger partial charge in [0, 0.05) is 9.87 Å². The van der Waals surface area contributed by atoms with Crippen LogP contribution in [0.2, 0.25) is 0 Å². The third-order valence-electron chi connectivity index (χ3n) is 4.57. The molecule has 2 aromatic rings. The summed E-state index contributed by atoms with van der Waals surface area (Å²) >= 11 is 3.47. The Labute approximate surface area is 199 Å². The molecule has 1 N–H and O–H groups in total. The van der Waals surface area contributed by atoms with Crippen LogP contribution in [0.15, 0.2) is 47.1 Å². The molecule has 4 rings (SSSR count). The van der Waals surface area contributed by atoms with Crippen LogP contribution in [0.5, 0.6) is 0 Å². The smallest absolute Gasteiger partial charge is 0.726 e. The van der Waals surface area contributed by atoms with Crippen LogP contribution >= 0.6 is 15.9 Å². The van der Waals surface area contributed by atoms with E-state index in [0.29, 0.717) is 10.2 Å². The van der Waals surface area contributed by atoms with E-state index in [4.69, 9.17) is 13.7 Å². The third-order valence-corrected chi connectivity index (χ3v) is 5.74. The van der Waals surface area contributed by atoms with Crippen molar-refractivity contribution >= 4 is 42.9 Å². The number of nitrogens with zero attached hydrogens (tertiary/aromatic N) is 1. The average Bonchev–Trinajstić information content (AvgIpc) is 2.93. The van der Waals surface area contributed by atoms with Gasteiger partial charge in [0.05, 0.1) is 23.4 Å². The number of nitrogens with one attached hydrogen (secondary N) is 1. The maximum atomic E-state index is 11.4. The van der Waals surface area contributed by atoms with Gasteiger partial charge in [0.15, 0.2) is 5.79 Å². The van der Waals surface area contributed by atoms with Crippen molar-refractivity contribution in [3.8, 4) is 0 Å². The van der Waals surface area contributed by atoms with Gasteiger partial charge >= 0.3 is 29.6 Å². The number of halogens is 1. The Balaban J connectivity index is 0.00000240. The van der Waals surface area contributed by atoms with Crippen LogP contribution in [0.1, 0.15) is 13.8 Å². The minimum Gasteiger partial charge on any atom is -0.726 e. The summed E-state index contributed by atoms with van der Waals surface area (Å²) in [4.78, 5) is 4.38. The number of ether oxygens (including phenoxy) is 2. The minimum absolute atomic E-state index is 0. The van der Waals surface area contributed by atoms with Gasteiger partial charge in [-0.25, -0.2) is 8.42 Å². The summed E-state index contributed by atoms with van der Waals surface area (Å²) < 4.78 is 51.3. The SMILES string of the molecule is CC1(C)O[C@H]2[C@H](OS(=O)(=O)[O-])[C@@H](Nc3cnc4ccccc4c3)C=C(Br)[C@H]2O1.[Na+]. The van der Waals surface area contributed by atoms with Crippen LogP contribution in [-0.4, -0.2) is 48.1 Å². The van der Waals surface area contributed by atoms with Gasteiger partial charge in [-0.15, -0.1) is 0 Å². The predicted octanol–water partition coefficient (Wildman–Crippen LogP) is -0.323. The zero-order valence-electron chi connectivity index (χ0n) is 16.0. The molecular weight excluding hydrogens is 475 g/mol. The molecule has 11 heteroatoms. The quantitative estimate of drug-likeness (QED) is 0.351. The van der Waals surface area contributed by atoms with E-state index in [0.717, 1.165) is 10.9 Å². The van der Waals surface area contributed by atoms with Gasteiger partial charge in [-0.05, 0) is 32.1 Å². The standard InChI is InChI=1S/C18H19BrN2O6S.Na/c1-18(2)25-15-12(19)8-14(16(17(15)26-18)27-28(22,23)24)21-11-7-10-5-3-4-6-13(10)20-9-11;/h3-9,14-17,21H,1-2H3,(H,22,23,24);/q;+1/p-1/t14-,15+,16+,17+;/m0./s1. The van der Waals surface area contributed by atoms with Crippen molar-refractivity contribution in [3.05, 3.63) is 47.1 Å². The van der Waals surface area contributed by atoms with Crippen LogP contribution in [-0.2, 0) is 24.1 Å². The molecule has 150 valence electrons. The molecule has 0 bridgehead atoms. The summed E-state index contributed by atoms with van der Waals surface area (Å²) in [5, 5.41) is 4.10. The monoisotopic (exact) mass is 492 g/mol. The second-order valence-corrected chi connectivity index (χ2v) is 9.05. The van der Waals surface area contributed by atoms with E-state index in [1.165, 1.54) is 0 Å². The molecule has 1 saturated heterocycles. The molecule has 0 spiro atoms. The summed E-state index contributed by atoms with van der Waals surface area (Å²) in [6.07, 6.45) is 0.881. The Morgan fingerprint density at radius 3 is 2.72 bits per heavy atom. The van der Waals surface area contributed by atoms with Crippen LogP contribution in [0.4, 0.5) is 5.69 Å². The van der Waals surface area contributed by atoms with Crippen LogP contribution in [0, 0.1) is 0 Å². The molecule has 0 saturated carbocycles. The first-order chi connectivity index (χ1) is 13.1. The van der Waals surface area contributed by atoms with Crippen molar-refractivity contribution in [2.45, 2.75) is 44.0 Å². The maximum Gasteiger partial charge on any atom is 1.00 e. The van der Waals surface area contributed by atoms with Gasteiger partial charge in [0.25, 0.3) is 0 Å². The van der Waals surface area contributed by atoms with Crippen LogP contribution in [0.3, 0.4) is 0 Å². The van der Waals surface area contributed by atoms with E-state index < -0.39 is 40.5 Å². The largest absolute Gasteiger partial charge is 1.00 e. The van der Waals surface area contributed by atoms with E-state index in [1.807, 2.05) is 30.3 Å². The Morgan fingerprint density at radius 2 is 2.00 bits per heavy atom. The average molecular weight is 493 g/mol. The molecule has 0 radical (unpaired) electrons. The van der Waals surface area contributed by atoms with Crippen molar-refractivity contribution in [2.75, 3.05) is 5.32 Å². The fraction of sp³-hybridized carbons (Fsp3) is 0.389. The first-order valence-corrected chi connectivity index (χ1v) is 10.7. The molecular formula is C18H18BrN2NaO6S. The Morgan fingerprint density at radius 1 is 1.28 bits per heavy atom. The third kappa shape index (κ3) is 5.20. The second-order valence-electron chi connectivity index (χ2n) is 7.13. The number of pyridine rings is 1. The number of rotatable bonds is 4. The number of hydrogen-bond acceptors (Lipinski definition) is 8. The molecule has 1 fully saturated rings. The van der Waals surface area contributed by atoms with E-state index in [-0.39, 0.29) is 29.6 Å². The molecule has 2 heterocycles. The molecule has 0 unspecified atom stereocenters. The van der Waals surface area contributed by atoms with Crippen LogP contribution in [0.25, 0.3) is 10.9 Å². The van der Waals surface area contributed by atoms with E-state index >= 15 is 0 Å².